The summed E-state index contributed by atoms with van der Waals surface area (Å²) in [7, 11) is 0. The van der Waals surface area contributed by atoms with Gasteiger partial charge in [-0.05, 0) is 17.7 Å². The molecule has 0 aliphatic carbocycles. The van der Waals surface area contributed by atoms with Crippen molar-refractivity contribution in [3.8, 4) is 0 Å². The first-order valence-corrected chi connectivity index (χ1v) is 3.81. The smallest absolute Gasteiger partial charge is 0.157 e. The Balaban J connectivity index is 2.29. The Labute approximate surface area is 74.5 Å². The van der Waals surface area contributed by atoms with Gasteiger partial charge in [0.1, 0.15) is 12.4 Å². The fourth-order valence-corrected chi connectivity index (χ4v) is 1.05. The van der Waals surface area contributed by atoms with Gasteiger partial charge >= 0.3 is 0 Å². The predicted molar refractivity (Wildman–Crippen MR) is 44.7 cm³/mol. The first-order valence-electron chi connectivity index (χ1n) is 3.81. The van der Waals surface area contributed by atoms with Crippen LogP contribution in [0.15, 0.2) is 30.9 Å². The summed E-state index contributed by atoms with van der Waals surface area (Å²) in [6, 6.07) is 3.46. The van der Waals surface area contributed by atoms with Crippen LogP contribution in [0.4, 0.5) is 0 Å². The number of nitrogens with one attached hydrogen (secondary N) is 1. The summed E-state index contributed by atoms with van der Waals surface area (Å²) < 4.78 is 0. The van der Waals surface area contributed by atoms with Crippen molar-refractivity contribution in [1.29, 1.82) is 0 Å². The highest BCUT2D eigenvalue weighted by Gasteiger charge is 2.11. The van der Waals surface area contributed by atoms with Crippen LogP contribution in [0.5, 0.6) is 0 Å². The molecule has 5 nitrogen and oxygen atoms in total. The summed E-state index contributed by atoms with van der Waals surface area (Å²) in [4.78, 5) is 7.71. The molecule has 0 saturated carbocycles. The Kier molecular flexibility index (Phi) is 2.01. The molecule has 0 amide bonds. The zero-order valence-electron chi connectivity index (χ0n) is 6.75. The SMILES string of the molecule is O[C@@H](c1ccncc1)c1ncn[nH]1. The van der Waals surface area contributed by atoms with E-state index in [1.165, 1.54) is 6.33 Å². The van der Waals surface area contributed by atoms with E-state index >= 15 is 0 Å². The maximum atomic E-state index is 9.72. The van der Waals surface area contributed by atoms with Gasteiger partial charge in [0.05, 0.1) is 0 Å². The van der Waals surface area contributed by atoms with E-state index in [0.717, 1.165) is 5.56 Å². The van der Waals surface area contributed by atoms with Crippen LogP contribution in [-0.4, -0.2) is 25.3 Å². The Morgan fingerprint density at radius 3 is 2.69 bits per heavy atom. The fourth-order valence-electron chi connectivity index (χ4n) is 1.05. The van der Waals surface area contributed by atoms with E-state index in [1.54, 1.807) is 24.5 Å². The van der Waals surface area contributed by atoms with Gasteiger partial charge in [0, 0.05) is 12.4 Å². The van der Waals surface area contributed by atoms with Crippen molar-refractivity contribution in [2.75, 3.05) is 0 Å². The first kappa shape index (κ1) is 7.88. The van der Waals surface area contributed by atoms with Gasteiger partial charge in [0.2, 0.25) is 0 Å². The molecule has 2 aromatic heterocycles. The molecule has 0 saturated heterocycles. The lowest BCUT2D eigenvalue weighted by atomic mass is 10.1. The van der Waals surface area contributed by atoms with E-state index in [0.29, 0.717) is 5.82 Å². The first-order chi connectivity index (χ1) is 6.38. The molecule has 2 aromatic rings. The number of aliphatic hydroxyl groups is 1. The van der Waals surface area contributed by atoms with Crippen LogP contribution in [0.2, 0.25) is 0 Å². The summed E-state index contributed by atoms with van der Waals surface area (Å²) in [5.74, 6) is 0.436. The van der Waals surface area contributed by atoms with Crippen molar-refractivity contribution in [2.24, 2.45) is 0 Å². The number of rotatable bonds is 2. The van der Waals surface area contributed by atoms with Crippen LogP contribution in [-0.2, 0) is 0 Å². The maximum Gasteiger partial charge on any atom is 0.157 e. The third-order valence-electron chi connectivity index (χ3n) is 1.71. The number of aromatic amines is 1. The lowest BCUT2D eigenvalue weighted by molar-refractivity contribution is 0.210. The van der Waals surface area contributed by atoms with E-state index in [2.05, 4.69) is 20.2 Å². The number of pyridine rings is 1. The average Bonchev–Trinajstić information content (AvgIpc) is 2.71. The molecule has 0 spiro atoms. The van der Waals surface area contributed by atoms with E-state index in [-0.39, 0.29) is 0 Å². The van der Waals surface area contributed by atoms with E-state index < -0.39 is 6.10 Å². The second-order valence-corrected chi connectivity index (χ2v) is 2.55. The van der Waals surface area contributed by atoms with Gasteiger partial charge in [-0.3, -0.25) is 10.1 Å². The number of nitrogens with zero attached hydrogens (tertiary/aromatic N) is 3. The molecule has 1 atom stereocenters. The molecule has 0 aliphatic heterocycles. The molecule has 0 bridgehead atoms. The summed E-state index contributed by atoms with van der Waals surface area (Å²) in [6.45, 7) is 0. The van der Waals surface area contributed by atoms with Crippen LogP contribution in [0, 0.1) is 0 Å². The van der Waals surface area contributed by atoms with Crippen LogP contribution >= 0.6 is 0 Å². The predicted octanol–water partition coefficient (Wildman–Crippen LogP) is 0.281. The Morgan fingerprint density at radius 1 is 1.31 bits per heavy atom. The average molecular weight is 176 g/mol. The molecule has 0 aliphatic rings. The van der Waals surface area contributed by atoms with Crippen molar-refractivity contribution in [2.45, 2.75) is 6.10 Å². The van der Waals surface area contributed by atoms with E-state index in [9.17, 15) is 5.11 Å². The van der Waals surface area contributed by atoms with Crippen molar-refractivity contribution < 1.29 is 5.11 Å². The Bertz CT molecular complexity index is 359. The normalized spacial score (nSPS) is 12.7. The van der Waals surface area contributed by atoms with Crippen molar-refractivity contribution >= 4 is 0 Å². The Morgan fingerprint density at radius 2 is 2.08 bits per heavy atom. The molecule has 0 aromatic carbocycles. The molecule has 66 valence electrons. The van der Waals surface area contributed by atoms with Gasteiger partial charge in [-0.1, -0.05) is 0 Å². The van der Waals surface area contributed by atoms with Crippen molar-refractivity contribution in [3.05, 3.63) is 42.2 Å². The largest absolute Gasteiger partial charge is 0.380 e. The number of aliphatic hydroxyl groups excluding tert-OH is 1. The highest BCUT2D eigenvalue weighted by Crippen LogP contribution is 2.16. The second kappa shape index (κ2) is 3.32. The summed E-state index contributed by atoms with van der Waals surface area (Å²) in [6.07, 6.45) is 3.84. The van der Waals surface area contributed by atoms with Crippen LogP contribution in [0.3, 0.4) is 0 Å². The van der Waals surface area contributed by atoms with Gasteiger partial charge in [-0.2, -0.15) is 5.10 Å². The Hall–Kier alpha value is -1.75. The molecular formula is C8H8N4O. The molecule has 13 heavy (non-hydrogen) atoms. The second-order valence-electron chi connectivity index (χ2n) is 2.55. The van der Waals surface area contributed by atoms with Gasteiger partial charge in [0.25, 0.3) is 0 Å². The molecule has 5 heteroatoms. The monoisotopic (exact) mass is 176 g/mol. The molecule has 0 radical (unpaired) electrons. The molecular weight excluding hydrogens is 168 g/mol. The highest BCUT2D eigenvalue weighted by atomic mass is 16.3. The van der Waals surface area contributed by atoms with Gasteiger partial charge < -0.3 is 5.11 Å². The minimum absolute atomic E-state index is 0.436. The lowest BCUT2D eigenvalue weighted by Gasteiger charge is -2.05. The summed E-state index contributed by atoms with van der Waals surface area (Å²) in [5, 5.41) is 16.0. The minimum Gasteiger partial charge on any atom is -0.380 e. The van der Waals surface area contributed by atoms with Gasteiger partial charge in [-0.15, -0.1) is 0 Å². The molecule has 2 heterocycles. The van der Waals surface area contributed by atoms with Gasteiger partial charge in [-0.25, -0.2) is 4.98 Å². The quantitative estimate of drug-likeness (QED) is 0.689. The summed E-state index contributed by atoms with van der Waals surface area (Å²) in [5.41, 5.74) is 0.742. The molecule has 0 fully saturated rings. The number of hydrogen-bond donors (Lipinski definition) is 2. The highest BCUT2D eigenvalue weighted by molar-refractivity contribution is 5.18. The summed E-state index contributed by atoms with van der Waals surface area (Å²) >= 11 is 0. The standard InChI is InChI=1S/C8H8N4O/c13-7(8-10-5-11-12-8)6-1-3-9-4-2-6/h1-5,7,13H,(H,10,11,12)/t7-/m0/s1. The van der Waals surface area contributed by atoms with Crippen LogP contribution in [0.1, 0.15) is 17.5 Å². The van der Waals surface area contributed by atoms with Crippen LogP contribution < -0.4 is 0 Å². The molecule has 2 rings (SSSR count). The number of H-pyrrole nitrogens is 1. The topological polar surface area (TPSA) is 74.7 Å². The minimum atomic E-state index is -0.759. The van der Waals surface area contributed by atoms with Crippen LogP contribution in [0.25, 0.3) is 0 Å². The third-order valence-corrected chi connectivity index (χ3v) is 1.71. The van der Waals surface area contributed by atoms with Crippen molar-refractivity contribution in [1.82, 2.24) is 20.2 Å². The maximum absolute atomic E-state index is 9.72. The number of aromatic nitrogens is 4. The van der Waals surface area contributed by atoms with E-state index in [4.69, 9.17) is 0 Å². The van der Waals surface area contributed by atoms with Gasteiger partial charge in [0.15, 0.2) is 5.82 Å². The zero-order valence-corrected chi connectivity index (χ0v) is 6.75. The number of hydrogen-bond acceptors (Lipinski definition) is 4. The lowest BCUT2D eigenvalue weighted by Crippen LogP contribution is -2.01. The molecule has 2 N–H and O–H groups in total. The fraction of sp³-hybridized carbons (Fsp3) is 0.125. The zero-order chi connectivity index (χ0) is 9.10. The molecule has 0 unspecified atom stereocenters. The van der Waals surface area contributed by atoms with Crippen molar-refractivity contribution in [3.63, 3.8) is 0 Å². The van der Waals surface area contributed by atoms with E-state index in [1.807, 2.05) is 0 Å². The third kappa shape index (κ3) is 1.54.